The van der Waals surface area contributed by atoms with E-state index in [1.165, 1.54) is 53.5 Å². The molecule has 0 spiro atoms. The van der Waals surface area contributed by atoms with Crippen molar-refractivity contribution in [1.29, 1.82) is 0 Å². The maximum atomic E-state index is 16.0. The summed E-state index contributed by atoms with van der Waals surface area (Å²) in [7, 11) is -7.98. The van der Waals surface area contributed by atoms with Crippen molar-refractivity contribution in [3.63, 3.8) is 0 Å². The molecule has 3 aliphatic heterocycles. The summed E-state index contributed by atoms with van der Waals surface area (Å²) in [5.74, 6) is -0.728. The standard InChI is InChI=1S/3C24H33FN7O7P/c3*1-13(2)37-21(34)14(3)31-40(35,39-15-9-7-6-8-10-15)36-11-16-18(33)24(4,25)22(38-16)32-12-28-17-19(27-5)29-23(26)30-20(17)32/h3*6-10,12-14,16,18,22,33H,11H2,1-5H3,(H,31,35)(H3,26,27,29,30)/t14-,16+,18+,22+,24+,40?;14-,16+,18+,22+,24+,40+;14-,16+,18+,22+,24+,40-/m000/s1. The molecule has 42 nitrogen and oxygen atoms in total. The molecule has 6 aromatic heterocycles. The summed E-state index contributed by atoms with van der Waals surface area (Å²) < 4.78 is 160. The Bertz CT molecular complexity index is 4670. The van der Waals surface area contributed by atoms with Gasteiger partial charge in [-0.3, -0.25) is 41.7 Å². The number of para-hydroxylation sites is 3. The molecule has 3 saturated heterocycles. The van der Waals surface area contributed by atoms with Gasteiger partial charge in [0, 0.05) is 21.1 Å². The molecule has 18 atom stereocenters. The van der Waals surface area contributed by atoms with E-state index in [4.69, 9.17) is 72.8 Å². The number of anilines is 6. The van der Waals surface area contributed by atoms with Crippen LogP contribution in [-0.2, 0) is 70.1 Å². The average Bonchev–Trinajstić information content (AvgIpc) is 1.60. The van der Waals surface area contributed by atoms with Crippen LogP contribution >= 0.6 is 23.2 Å². The topological polar surface area (TPSA) is 555 Å². The smallest absolute Gasteiger partial charge is 0.459 e. The molecule has 48 heteroatoms. The molecule has 3 aromatic carbocycles. The molecule has 120 heavy (non-hydrogen) atoms. The van der Waals surface area contributed by atoms with Gasteiger partial charge in [-0.25, -0.2) is 41.8 Å². The quantitative estimate of drug-likeness (QED) is 0.0106. The fourth-order valence-corrected chi connectivity index (χ4v) is 16.9. The van der Waals surface area contributed by atoms with E-state index in [2.05, 4.69) is 76.1 Å². The Morgan fingerprint density at radius 2 is 0.667 bits per heavy atom. The lowest BCUT2D eigenvalue weighted by Gasteiger charge is -2.25. The van der Waals surface area contributed by atoms with Crippen molar-refractivity contribution in [3.05, 3.63) is 110 Å². The first-order valence-corrected chi connectivity index (χ1v) is 42.2. The fraction of sp³-hybridized carbons (Fsp3) is 0.500. The van der Waals surface area contributed by atoms with Crippen LogP contribution < -0.4 is 62.0 Å². The lowest BCUT2D eigenvalue weighted by molar-refractivity contribution is -0.150. The zero-order valence-electron chi connectivity index (χ0n) is 67.9. The van der Waals surface area contributed by atoms with Crippen LogP contribution in [0.4, 0.5) is 48.5 Å². The first kappa shape index (κ1) is 92.2. The number of halogens is 3. The van der Waals surface area contributed by atoms with E-state index in [1.54, 1.807) is 154 Å². The molecule has 1 unspecified atom stereocenters. The molecule has 3 aliphatic rings. The molecule has 0 radical (unpaired) electrons. The zero-order valence-corrected chi connectivity index (χ0v) is 70.6. The van der Waals surface area contributed by atoms with E-state index in [-0.39, 0.29) is 52.0 Å². The zero-order chi connectivity index (χ0) is 87.7. The number of benzene rings is 3. The molecule has 654 valence electrons. The summed E-state index contributed by atoms with van der Waals surface area (Å²) in [4.78, 5) is 74.5. The number of hydrogen-bond donors (Lipinski definition) is 12. The van der Waals surface area contributed by atoms with E-state index in [0.717, 1.165) is 20.8 Å². The fourth-order valence-electron chi connectivity index (χ4n) is 12.4. The second kappa shape index (κ2) is 38.3. The average molecular weight is 1740 g/mol. The lowest BCUT2D eigenvalue weighted by atomic mass is 9.98. The van der Waals surface area contributed by atoms with Crippen LogP contribution in [0, 0.1) is 0 Å². The van der Waals surface area contributed by atoms with Gasteiger partial charge in [0.15, 0.2) is 86.6 Å². The molecule has 0 bridgehead atoms. The van der Waals surface area contributed by atoms with Crippen molar-refractivity contribution in [2.24, 2.45) is 0 Å². The molecule has 9 aromatic rings. The van der Waals surface area contributed by atoms with Gasteiger partial charge >= 0.3 is 41.1 Å². The number of aliphatic hydroxyl groups is 3. The largest absolute Gasteiger partial charge is 0.462 e. The van der Waals surface area contributed by atoms with Crippen LogP contribution in [0.2, 0.25) is 0 Å². The number of fused-ring (bicyclic) bond motifs is 3. The summed E-state index contributed by atoms with van der Waals surface area (Å²) in [6, 6.07) is 21.1. The van der Waals surface area contributed by atoms with Crippen LogP contribution in [-0.4, -0.2) is 223 Å². The number of imidazole rings is 3. The number of carbonyl (C=O) groups excluding carboxylic acids is 3. The van der Waals surface area contributed by atoms with Crippen LogP contribution in [0.5, 0.6) is 17.2 Å². The maximum absolute atomic E-state index is 16.0. The van der Waals surface area contributed by atoms with Crippen molar-refractivity contribution in [2.75, 3.05) is 74.1 Å². The predicted octanol–water partition coefficient (Wildman–Crippen LogP) is 7.71. The summed E-state index contributed by atoms with van der Waals surface area (Å²) in [5.41, 5.74) is 11.8. The van der Waals surface area contributed by atoms with Gasteiger partial charge in [-0.1, -0.05) is 54.6 Å². The van der Waals surface area contributed by atoms with Gasteiger partial charge in [-0.15, -0.1) is 0 Å². The number of hydrogen-bond acceptors (Lipinski definition) is 36. The highest BCUT2D eigenvalue weighted by Gasteiger charge is 2.59. The minimum atomic E-state index is -4.28. The number of ether oxygens (including phenoxy) is 6. The monoisotopic (exact) mass is 1740 g/mol. The second-order valence-corrected chi connectivity index (χ2v) is 34.1. The number of nitrogens with zero attached hydrogens (tertiary/aromatic N) is 12. The third kappa shape index (κ3) is 21.6. The van der Waals surface area contributed by atoms with Crippen LogP contribution in [0.3, 0.4) is 0 Å². The number of alkyl halides is 3. The minimum absolute atomic E-state index is 0.0761. The van der Waals surface area contributed by atoms with Crippen LogP contribution in [0.25, 0.3) is 33.5 Å². The summed E-state index contributed by atoms with van der Waals surface area (Å²) >= 11 is 0. The van der Waals surface area contributed by atoms with Crippen molar-refractivity contribution >= 4 is 110 Å². The number of nitrogen functional groups attached to an aromatic ring is 3. The highest BCUT2D eigenvalue weighted by molar-refractivity contribution is 7.52. The summed E-state index contributed by atoms with van der Waals surface area (Å²) in [5, 5.41) is 48.7. The van der Waals surface area contributed by atoms with E-state index in [9.17, 15) is 43.4 Å². The van der Waals surface area contributed by atoms with Crippen molar-refractivity contribution in [1.82, 2.24) is 73.8 Å². The number of aromatic nitrogens is 12. The van der Waals surface area contributed by atoms with E-state index in [1.807, 2.05) is 0 Å². The molecular weight excluding hydrogens is 1640 g/mol. The third-order valence-corrected chi connectivity index (χ3v) is 23.2. The van der Waals surface area contributed by atoms with Gasteiger partial charge in [0.05, 0.1) is 57.1 Å². The highest BCUT2D eigenvalue weighted by atomic mass is 31.2. The summed E-state index contributed by atoms with van der Waals surface area (Å²) in [6.45, 7) is 16.1. The molecule has 0 aliphatic carbocycles. The van der Waals surface area contributed by atoms with E-state index < -0.39 is 170 Å². The molecule has 9 heterocycles. The number of carbonyl (C=O) groups is 3. The van der Waals surface area contributed by atoms with Crippen LogP contribution in [0.15, 0.2) is 110 Å². The van der Waals surface area contributed by atoms with Gasteiger partial charge in [0.25, 0.3) is 0 Å². The maximum Gasteiger partial charge on any atom is 0.459 e. The third-order valence-electron chi connectivity index (χ3n) is 18.2. The summed E-state index contributed by atoms with van der Waals surface area (Å²) in [6.07, 6.45) is -10.6. The van der Waals surface area contributed by atoms with Crippen molar-refractivity contribution < 1.29 is 112 Å². The Balaban J connectivity index is 0.000000189. The first-order chi connectivity index (χ1) is 56.5. The highest BCUT2D eigenvalue weighted by Crippen LogP contribution is 2.52. The normalized spacial score (nSPS) is 25.1. The Kier molecular flexibility index (Phi) is 29.5. The Hall–Kier alpha value is -10.1. The lowest BCUT2D eigenvalue weighted by Crippen LogP contribution is -2.41. The number of aliphatic hydroxyl groups excluding tert-OH is 3. The Morgan fingerprint density at radius 3 is 0.883 bits per heavy atom. The SMILES string of the molecule is CNc1nc(N)nc2c1ncn2[C@@H]1O[C@H](COP(=O)(N[C@@H](C)C(=O)OC(C)C)Oc2ccccc2)[C@@H](O)[C@@]1(C)F.CNc1nc(N)nc2c1ncn2[C@@H]1O[C@H](CO[P@@](=O)(N[C@@H](C)C(=O)OC(C)C)Oc2ccccc2)[C@@H](O)[C@@]1(C)F.CNc1nc(N)nc2c1ncn2[C@@H]1O[C@H](CO[P@](=O)(N[C@@H](C)C(=O)OC(C)C)Oc2ccccc2)[C@@H](O)[C@@]1(C)F. The molecular formula is C72H99F3N21O21P3. The van der Waals surface area contributed by atoms with Crippen LogP contribution in [0.1, 0.15) is 102 Å². The minimum Gasteiger partial charge on any atom is -0.462 e. The first-order valence-electron chi connectivity index (χ1n) is 37.6. The molecule has 15 N–H and O–H groups in total. The second-order valence-electron chi connectivity index (χ2n) is 29.0. The van der Waals surface area contributed by atoms with Gasteiger partial charge in [-0.05, 0) is 119 Å². The molecule has 12 rings (SSSR count). The van der Waals surface area contributed by atoms with Gasteiger partial charge in [0.1, 0.15) is 72.0 Å². The number of nitrogens with one attached hydrogen (secondary N) is 6. The van der Waals surface area contributed by atoms with E-state index >= 15 is 13.2 Å². The van der Waals surface area contributed by atoms with Gasteiger partial charge in [-0.2, -0.15) is 45.2 Å². The van der Waals surface area contributed by atoms with Gasteiger partial charge in [0.2, 0.25) is 17.8 Å². The predicted molar refractivity (Wildman–Crippen MR) is 429 cm³/mol. The van der Waals surface area contributed by atoms with Crippen molar-refractivity contribution in [3.8, 4) is 17.2 Å². The van der Waals surface area contributed by atoms with E-state index in [0.29, 0.717) is 34.0 Å². The number of rotatable bonds is 33. The molecule has 0 amide bonds. The number of nitrogens with two attached hydrogens (primary N) is 3. The Morgan fingerprint density at radius 1 is 0.433 bits per heavy atom. The Labute approximate surface area is 686 Å². The molecule has 3 fully saturated rings. The molecule has 0 saturated carbocycles. The van der Waals surface area contributed by atoms with Crippen molar-refractivity contribution in [2.45, 2.75) is 192 Å². The number of esters is 3. The van der Waals surface area contributed by atoms with Gasteiger partial charge < -0.3 is 90.5 Å².